The average Bonchev–Trinajstić information content (AvgIpc) is 3.46. The van der Waals surface area contributed by atoms with E-state index in [1.807, 2.05) is 24.5 Å². The summed E-state index contributed by atoms with van der Waals surface area (Å²) in [6.07, 6.45) is 3.19. The van der Waals surface area contributed by atoms with Crippen LogP contribution in [0.25, 0.3) is 11.8 Å². The highest BCUT2D eigenvalue weighted by Gasteiger charge is 2.36. The van der Waals surface area contributed by atoms with E-state index < -0.39 is 5.91 Å². The molecule has 3 aromatic rings. The molecule has 31 heavy (non-hydrogen) atoms. The maximum Gasteiger partial charge on any atom is 0.283 e. The van der Waals surface area contributed by atoms with Gasteiger partial charge in [0.2, 0.25) is 5.17 Å². The Morgan fingerprint density at radius 1 is 1.19 bits per heavy atom. The van der Waals surface area contributed by atoms with Gasteiger partial charge in [0.25, 0.3) is 5.91 Å². The number of aromatic nitrogens is 1. The number of amides is 1. The molecule has 4 heterocycles. The van der Waals surface area contributed by atoms with E-state index in [1.165, 1.54) is 35.2 Å². The zero-order valence-electron chi connectivity index (χ0n) is 16.6. The van der Waals surface area contributed by atoms with Gasteiger partial charge in [0.1, 0.15) is 5.82 Å². The van der Waals surface area contributed by atoms with Gasteiger partial charge in [0.05, 0.1) is 11.8 Å². The third kappa shape index (κ3) is 3.23. The Kier molecular flexibility index (Phi) is 4.48. The maximum atomic E-state index is 13.3. The molecular weight excluding hydrogens is 417 g/mol. The number of nitrogens with zero attached hydrogens (tertiary/aromatic N) is 4. The molecule has 154 valence electrons. The summed E-state index contributed by atoms with van der Waals surface area (Å²) in [5, 5.41) is 15.1. The fraction of sp³-hybridized carbons (Fsp3) is 0.0909. The lowest BCUT2D eigenvalue weighted by atomic mass is 10.1. The standard InChI is InChI=1S/C22H16FN5O2S/c1-12-10-14(13(2)27(12)16-7-5-15(23)6-8-16)11-17-19(24)28-22(25-20(17)29)31-21(26-28)18-4-3-9-30-18/h3-11,24H,1-2H3/b17-11-,24-19?. The third-order valence-corrected chi connectivity index (χ3v) is 5.96. The van der Waals surface area contributed by atoms with Crippen LogP contribution in [0.3, 0.4) is 0 Å². The van der Waals surface area contributed by atoms with Crippen LogP contribution < -0.4 is 0 Å². The van der Waals surface area contributed by atoms with Crippen LogP contribution in [0, 0.1) is 25.1 Å². The number of hydrogen-bond donors (Lipinski definition) is 1. The molecule has 0 saturated heterocycles. The van der Waals surface area contributed by atoms with Crippen LogP contribution in [-0.2, 0) is 4.79 Å². The van der Waals surface area contributed by atoms with Gasteiger partial charge >= 0.3 is 0 Å². The van der Waals surface area contributed by atoms with Crippen molar-refractivity contribution < 1.29 is 13.6 Å². The van der Waals surface area contributed by atoms with E-state index in [9.17, 15) is 9.18 Å². The molecule has 0 aliphatic carbocycles. The predicted molar refractivity (Wildman–Crippen MR) is 118 cm³/mol. The van der Waals surface area contributed by atoms with Crippen LogP contribution in [0.15, 0.2) is 68.8 Å². The lowest BCUT2D eigenvalue weighted by molar-refractivity contribution is -0.114. The topological polar surface area (TPSA) is 87.0 Å². The second-order valence-electron chi connectivity index (χ2n) is 7.04. The zero-order valence-corrected chi connectivity index (χ0v) is 17.4. The number of rotatable bonds is 3. The van der Waals surface area contributed by atoms with Crippen LogP contribution in [-0.4, -0.2) is 31.5 Å². The van der Waals surface area contributed by atoms with Crippen LogP contribution in [0.1, 0.15) is 22.7 Å². The summed E-state index contributed by atoms with van der Waals surface area (Å²) in [6.45, 7) is 3.84. The van der Waals surface area contributed by atoms with Crippen LogP contribution in [0.5, 0.6) is 0 Å². The summed E-state index contributed by atoms with van der Waals surface area (Å²) < 4.78 is 20.6. The van der Waals surface area contributed by atoms with E-state index in [-0.39, 0.29) is 17.2 Å². The normalized spacial score (nSPS) is 17.3. The highest BCUT2D eigenvalue weighted by atomic mass is 32.2. The number of halogens is 1. The number of carbonyl (C=O) groups excluding carboxylic acids is 1. The third-order valence-electron chi connectivity index (χ3n) is 5.04. The van der Waals surface area contributed by atoms with E-state index in [0.717, 1.165) is 22.6 Å². The quantitative estimate of drug-likeness (QED) is 0.617. The Bertz CT molecular complexity index is 1320. The molecule has 2 aliphatic rings. The monoisotopic (exact) mass is 433 g/mol. The molecule has 9 heteroatoms. The summed E-state index contributed by atoms with van der Waals surface area (Å²) in [5.74, 6) is -0.293. The van der Waals surface area contributed by atoms with Crippen molar-refractivity contribution in [2.75, 3.05) is 0 Å². The van der Waals surface area contributed by atoms with E-state index in [4.69, 9.17) is 9.83 Å². The highest BCUT2D eigenvalue weighted by Crippen LogP contribution is 2.32. The minimum absolute atomic E-state index is 0.0457. The van der Waals surface area contributed by atoms with Crippen molar-refractivity contribution in [3.63, 3.8) is 0 Å². The summed E-state index contributed by atoms with van der Waals surface area (Å²) in [5.41, 5.74) is 3.52. The number of nitrogens with one attached hydrogen (secondary N) is 1. The molecule has 5 rings (SSSR count). The molecule has 0 atom stereocenters. The molecule has 2 aromatic heterocycles. The van der Waals surface area contributed by atoms with Crippen molar-refractivity contribution >= 4 is 39.8 Å². The summed E-state index contributed by atoms with van der Waals surface area (Å²) >= 11 is 1.18. The molecular formula is C22H16FN5O2S. The van der Waals surface area contributed by atoms with Gasteiger partial charge in [-0.15, -0.1) is 0 Å². The Balaban J connectivity index is 1.52. The van der Waals surface area contributed by atoms with Gasteiger partial charge in [-0.1, -0.05) is 0 Å². The SMILES string of the molecule is Cc1cc(/C=C2/C(=N)N3N=C(c4ccco4)SC3=NC2=O)c(C)n1-c1ccc(F)cc1. The van der Waals surface area contributed by atoms with Gasteiger partial charge < -0.3 is 8.98 Å². The molecule has 0 spiro atoms. The number of hydrogen-bond acceptors (Lipinski definition) is 5. The second kappa shape index (κ2) is 7.21. The molecule has 0 saturated carbocycles. The Morgan fingerprint density at radius 3 is 2.68 bits per heavy atom. The number of hydrazone groups is 1. The second-order valence-corrected chi connectivity index (χ2v) is 8.00. The predicted octanol–water partition coefficient (Wildman–Crippen LogP) is 4.49. The first-order valence-electron chi connectivity index (χ1n) is 9.41. The van der Waals surface area contributed by atoms with E-state index in [1.54, 1.807) is 30.3 Å². The van der Waals surface area contributed by atoms with Gasteiger partial charge in [-0.2, -0.15) is 15.1 Å². The van der Waals surface area contributed by atoms with Gasteiger partial charge in [0, 0.05) is 17.1 Å². The van der Waals surface area contributed by atoms with Gasteiger partial charge in [0.15, 0.2) is 16.6 Å². The van der Waals surface area contributed by atoms with Gasteiger partial charge in [-0.3, -0.25) is 10.2 Å². The Morgan fingerprint density at radius 2 is 1.97 bits per heavy atom. The smallest absolute Gasteiger partial charge is 0.283 e. The maximum absolute atomic E-state index is 13.3. The fourth-order valence-corrected chi connectivity index (χ4v) is 4.43. The first-order chi connectivity index (χ1) is 14.9. The molecule has 0 radical (unpaired) electrons. The summed E-state index contributed by atoms with van der Waals surface area (Å²) in [7, 11) is 0. The van der Waals surface area contributed by atoms with Crippen molar-refractivity contribution in [2.45, 2.75) is 13.8 Å². The largest absolute Gasteiger partial charge is 0.462 e. The molecule has 0 fully saturated rings. The summed E-state index contributed by atoms with van der Waals surface area (Å²) in [4.78, 5) is 16.8. The molecule has 0 bridgehead atoms. The number of furan rings is 1. The number of carbonyl (C=O) groups is 1. The average molecular weight is 433 g/mol. The van der Waals surface area contributed by atoms with Crippen molar-refractivity contribution in [2.24, 2.45) is 10.1 Å². The number of thioether (sulfide) groups is 1. The van der Waals surface area contributed by atoms with Crippen molar-refractivity contribution in [1.29, 1.82) is 5.41 Å². The zero-order chi connectivity index (χ0) is 21.7. The summed E-state index contributed by atoms with van der Waals surface area (Å²) in [6, 6.07) is 11.6. The molecule has 2 aliphatic heterocycles. The first-order valence-corrected chi connectivity index (χ1v) is 10.2. The highest BCUT2D eigenvalue weighted by molar-refractivity contribution is 8.27. The first kappa shape index (κ1) is 19.3. The molecule has 0 unspecified atom stereocenters. The Labute approximate surface area is 181 Å². The van der Waals surface area contributed by atoms with Gasteiger partial charge in [-0.25, -0.2) is 4.39 Å². The van der Waals surface area contributed by atoms with Gasteiger partial charge in [-0.05, 0) is 79.7 Å². The minimum Gasteiger partial charge on any atom is -0.462 e. The molecule has 1 aromatic carbocycles. The minimum atomic E-state index is -0.494. The van der Waals surface area contributed by atoms with Crippen LogP contribution in [0.4, 0.5) is 4.39 Å². The van der Waals surface area contributed by atoms with E-state index in [0.29, 0.717) is 16.0 Å². The number of benzene rings is 1. The van der Waals surface area contributed by atoms with Crippen LogP contribution >= 0.6 is 11.8 Å². The molecule has 1 N–H and O–H groups in total. The Hall–Kier alpha value is -3.72. The van der Waals surface area contributed by atoms with Crippen LogP contribution in [0.2, 0.25) is 0 Å². The number of aryl methyl sites for hydroxylation is 1. The molecule has 1 amide bonds. The number of amidine groups is 2. The fourth-order valence-electron chi connectivity index (χ4n) is 3.57. The number of fused-ring (bicyclic) bond motifs is 1. The lowest BCUT2D eigenvalue weighted by Gasteiger charge is -2.20. The van der Waals surface area contributed by atoms with Crippen molar-refractivity contribution in [1.82, 2.24) is 9.58 Å². The lowest BCUT2D eigenvalue weighted by Crippen LogP contribution is -2.35. The number of aliphatic imine (C=N–C) groups is 1. The van der Waals surface area contributed by atoms with E-state index >= 15 is 0 Å². The van der Waals surface area contributed by atoms with Crippen molar-refractivity contribution in [3.05, 3.63) is 82.8 Å². The van der Waals surface area contributed by atoms with Crippen molar-refractivity contribution in [3.8, 4) is 5.69 Å². The molecule has 7 nitrogen and oxygen atoms in total. The van der Waals surface area contributed by atoms with E-state index in [2.05, 4.69) is 10.1 Å².